The summed E-state index contributed by atoms with van der Waals surface area (Å²) in [4.78, 5) is 31.3. The summed E-state index contributed by atoms with van der Waals surface area (Å²) >= 11 is 0. The number of nitrogens with zero attached hydrogens (tertiary/aromatic N) is 3. The second kappa shape index (κ2) is 9.51. The highest BCUT2D eigenvalue weighted by molar-refractivity contribution is 6.07. The maximum absolute atomic E-state index is 13.1. The van der Waals surface area contributed by atoms with Gasteiger partial charge in [0, 0.05) is 57.6 Å². The molecular weight excluding hydrogens is 388 g/mol. The van der Waals surface area contributed by atoms with Crippen molar-refractivity contribution in [2.75, 3.05) is 51.2 Å². The molecule has 31 heavy (non-hydrogen) atoms. The van der Waals surface area contributed by atoms with E-state index in [4.69, 9.17) is 0 Å². The summed E-state index contributed by atoms with van der Waals surface area (Å²) in [6.45, 7) is 3.46. The molecule has 1 aliphatic heterocycles. The van der Waals surface area contributed by atoms with Crippen molar-refractivity contribution in [2.45, 2.75) is 0 Å². The van der Waals surface area contributed by atoms with Crippen LogP contribution < -0.4 is 10.2 Å². The van der Waals surface area contributed by atoms with Crippen LogP contribution in [0.5, 0.6) is 0 Å². The van der Waals surface area contributed by atoms with Gasteiger partial charge in [-0.2, -0.15) is 0 Å². The lowest BCUT2D eigenvalue weighted by Gasteiger charge is -2.35. The Morgan fingerprint density at radius 2 is 1.48 bits per heavy atom. The number of nitrogens with one attached hydrogen (secondary N) is 1. The van der Waals surface area contributed by atoms with Crippen LogP contribution in [0.15, 0.2) is 72.8 Å². The smallest absolute Gasteiger partial charge is 0.317 e. The van der Waals surface area contributed by atoms with Gasteiger partial charge in [0.25, 0.3) is 5.91 Å². The van der Waals surface area contributed by atoms with Crippen LogP contribution in [-0.2, 0) is 0 Å². The van der Waals surface area contributed by atoms with Crippen molar-refractivity contribution >= 4 is 28.4 Å². The van der Waals surface area contributed by atoms with Gasteiger partial charge in [0.1, 0.15) is 0 Å². The van der Waals surface area contributed by atoms with E-state index in [-0.39, 0.29) is 11.9 Å². The number of amides is 3. The van der Waals surface area contributed by atoms with Gasteiger partial charge in [0.15, 0.2) is 0 Å². The number of carbonyl (C=O) groups excluding carboxylic acids is 2. The number of hydrogen-bond donors (Lipinski definition) is 1. The van der Waals surface area contributed by atoms with E-state index in [1.807, 2.05) is 84.7 Å². The first kappa shape index (κ1) is 20.7. The predicted molar refractivity (Wildman–Crippen MR) is 125 cm³/mol. The quantitative estimate of drug-likeness (QED) is 0.693. The zero-order valence-corrected chi connectivity index (χ0v) is 17.8. The Hall–Kier alpha value is -3.54. The molecule has 0 saturated carbocycles. The number of rotatable bonds is 5. The van der Waals surface area contributed by atoms with Crippen LogP contribution in [0.3, 0.4) is 0 Å². The van der Waals surface area contributed by atoms with E-state index in [0.29, 0.717) is 32.7 Å². The predicted octanol–water partition coefficient (Wildman–Crippen LogP) is 3.44. The fraction of sp³-hybridized carbons (Fsp3) is 0.280. The molecule has 3 amide bonds. The van der Waals surface area contributed by atoms with Crippen molar-refractivity contribution in [1.82, 2.24) is 15.1 Å². The first-order valence-corrected chi connectivity index (χ1v) is 10.7. The molecule has 1 N–H and O–H groups in total. The molecule has 1 fully saturated rings. The Morgan fingerprint density at radius 1 is 0.839 bits per heavy atom. The van der Waals surface area contributed by atoms with Gasteiger partial charge < -0.3 is 20.0 Å². The van der Waals surface area contributed by atoms with Crippen LogP contribution in [0.2, 0.25) is 0 Å². The molecule has 1 heterocycles. The van der Waals surface area contributed by atoms with Crippen molar-refractivity contribution < 1.29 is 9.59 Å². The number of anilines is 1. The number of carbonyl (C=O) groups is 2. The molecule has 0 spiro atoms. The van der Waals surface area contributed by atoms with Gasteiger partial charge in [-0.05, 0) is 29.0 Å². The first-order chi connectivity index (χ1) is 15.1. The third kappa shape index (κ3) is 4.79. The van der Waals surface area contributed by atoms with Crippen LogP contribution >= 0.6 is 0 Å². The standard InChI is InChI=1S/C25H28N4O2/c1-27(21-10-3-2-4-11-21)15-14-26-25(31)29-18-16-28(17-19-29)24(30)23-13-7-9-20-8-5-6-12-22(20)23/h2-13H,14-19H2,1H3,(H,26,31). The molecule has 0 atom stereocenters. The van der Waals surface area contributed by atoms with Crippen LogP contribution in [0, 0.1) is 0 Å². The first-order valence-electron chi connectivity index (χ1n) is 10.7. The minimum atomic E-state index is -0.0706. The maximum atomic E-state index is 13.1. The number of piperazine rings is 1. The second-order valence-corrected chi connectivity index (χ2v) is 7.79. The number of fused-ring (bicyclic) bond motifs is 1. The Bertz CT molecular complexity index is 1040. The highest BCUT2D eigenvalue weighted by Crippen LogP contribution is 2.20. The lowest BCUT2D eigenvalue weighted by Crippen LogP contribution is -2.53. The van der Waals surface area contributed by atoms with Crippen LogP contribution in [0.4, 0.5) is 10.5 Å². The third-order valence-electron chi connectivity index (χ3n) is 5.79. The van der Waals surface area contributed by atoms with Crippen molar-refractivity contribution in [1.29, 1.82) is 0 Å². The average molecular weight is 417 g/mol. The molecule has 6 heteroatoms. The molecule has 3 aromatic carbocycles. The number of likely N-dealkylation sites (N-methyl/N-ethyl adjacent to an activating group) is 1. The molecule has 160 valence electrons. The van der Waals surface area contributed by atoms with Gasteiger partial charge in [-0.25, -0.2) is 4.79 Å². The summed E-state index contributed by atoms with van der Waals surface area (Å²) in [6, 6.07) is 23.8. The minimum absolute atomic E-state index is 0.0290. The van der Waals surface area contributed by atoms with Gasteiger partial charge in [0.05, 0.1) is 0 Å². The highest BCUT2D eigenvalue weighted by Gasteiger charge is 2.25. The summed E-state index contributed by atoms with van der Waals surface area (Å²) in [7, 11) is 2.01. The monoisotopic (exact) mass is 416 g/mol. The Labute approximate surface area is 183 Å². The van der Waals surface area contributed by atoms with Crippen LogP contribution in [0.25, 0.3) is 10.8 Å². The fourth-order valence-corrected chi connectivity index (χ4v) is 3.95. The van der Waals surface area contributed by atoms with Gasteiger partial charge >= 0.3 is 6.03 Å². The molecule has 0 radical (unpaired) electrons. The van der Waals surface area contributed by atoms with E-state index in [9.17, 15) is 9.59 Å². The topological polar surface area (TPSA) is 55.9 Å². The molecule has 1 aliphatic rings. The molecule has 0 aliphatic carbocycles. The molecule has 4 rings (SSSR count). The molecule has 3 aromatic rings. The summed E-state index contributed by atoms with van der Waals surface area (Å²) in [6.07, 6.45) is 0. The van der Waals surface area contributed by atoms with Gasteiger partial charge in [-0.1, -0.05) is 54.6 Å². The molecule has 0 unspecified atom stereocenters. The molecule has 0 aromatic heterocycles. The number of para-hydroxylation sites is 1. The SMILES string of the molecule is CN(CCNC(=O)N1CCN(C(=O)c2cccc3ccccc23)CC1)c1ccccc1. The van der Waals surface area contributed by atoms with E-state index in [2.05, 4.69) is 10.2 Å². The lowest BCUT2D eigenvalue weighted by atomic mass is 10.0. The van der Waals surface area contributed by atoms with Crippen molar-refractivity contribution in [2.24, 2.45) is 0 Å². The largest absolute Gasteiger partial charge is 0.373 e. The zero-order chi connectivity index (χ0) is 21.6. The van der Waals surface area contributed by atoms with Gasteiger partial charge in [-0.3, -0.25) is 4.79 Å². The summed E-state index contributed by atoms with van der Waals surface area (Å²) in [5.74, 6) is 0.0290. The number of benzene rings is 3. The Morgan fingerprint density at radius 3 is 2.26 bits per heavy atom. The zero-order valence-electron chi connectivity index (χ0n) is 17.8. The van der Waals surface area contributed by atoms with Crippen molar-refractivity contribution in [3.63, 3.8) is 0 Å². The minimum Gasteiger partial charge on any atom is -0.373 e. The molecular formula is C25H28N4O2. The summed E-state index contributed by atoms with van der Waals surface area (Å²) < 4.78 is 0. The van der Waals surface area contributed by atoms with Gasteiger partial charge in [0.2, 0.25) is 0 Å². The Kier molecular flexibility index (Phi) is 6.36. The maximum Gasteiger partial charge on any atom is 0.317 e. The van der Waals surface area contributed by atoms with Gasteiger partial charge in [-0.15, -0.1) is 0 Å². The second-order valence-electron chi connectivity index (χ2n) is 7.79. The van der Waals surface area contributed by atoms with Crippen molar-refractivity contribution in [3.8, 4) is 0 Å². The average Bonchev–Trinajstić information content (AvgIpc) is 2.83. The summed E-state index contributed by atoms with van der Waals surface area (Å²) in [5.41, 5.74) is 1.84. The molecule has 0 bridgehead atoms. The van der Waals surface area contributed by atoms with E-state index in [1.165, 1.54) is 0 Å². The highest BCUT2D eigenvalue weighted by atomic mass is 16.2. The third-order valence-corrected chi connectivity index (χ3v) is 5.79. The molecule has 6 nitrogen and oxygen atoms in total. The van der Waals surface area contributed by atoms with E-state index >= 15 is 0 Å². The lowest BCUT2D eigenvalue weighted by molar-refractivity contribution is 0.0667. The Balaban J connectivity index is 1.27. The van der Waals surface area contributed by atoms with Crippen LogP contribution in [0.1, 0.15) is 10.4 Å². The van der Waals surface area contributed by atoms with E-state index in [1.54, 1.807) is 4.90 Å². The normalized spacial score (nSPS) is 13.8. The van der Waals surface area contributed by atoms with Crippen molar-refractivity contribution in [3.05, 3.63) is 78.4 Å². The summed E-state index contributed by atoms with van der Waals surface area (Å²) in [5, 5.41) is 5.03. The number of urea groups is 1. The van der Waals surface area contributed by atoms with Crippen LogP contribution in [-0.4, -0.2) is 68.1 Å². The van der Waals surface area contributed by atoms with E-state index in [0.717, 1.165) is 28.6 Å². The molecule has 1 saturated heterocycles. The number of hydrogen-bond acceptors (Lipinski definition) is 3. The van der Waals surface area contributed by atoms with E-state index < -0.39 is 0 Å². The fourth-order valence-electron chi connectivity index (χ4n) is 3.95.